The minimum absolute atomic E-state index is 0.0791. The fraction of sp³-hybridized carbons (Fsp3) is 0.982. The average Bonchev–Trinajstić information content (AvgIpc) is 3.26. The summed E-state index contributed by atoms with van der Waals surface area (Å²) in [5.41, 5.74) is 0. The van der Waals surface area contributed by atoms with Crippen LogP contribution in [-0.4, -0.2) is 73.4 Å². The highest BCUT2D eigenvalue weighted by Gasteiger charge is 2.28. The van der Waals surface area contributed by atoms with Crippen molar-refractivity contribution >= 4 is 13.7 Å². The number of hydrogen-bond donors (Lipinski definition) is 3. The fourth-order valence-corrected chi connectivity index (χ4v) is 9.79. The monoisotopic (exact) mass is 944 g/mol. The molecule has 8 nitrogen and oxygen atoms in total. The molecule has 0 bridgehead atoms. The Kier molecular flexibility index (Phi) is 48.1. The third kappa shape index (κ3) is 51.2. The zero-order chi connectivity index (χ0) is 47.8. The Morgan fingerprint density at radius 2 is 0.738 bits per heavy atom. The molecule has 9 heteroatoms. The van der Waals surface area contributed by atoms with Gasteiger partial charge in [-0.1, -0.05) is 284 Å². The van der Waals surface area contributed by atoms with Crippen LogP contribution in [0.2, 0.25) is 0 Å². The summed E-state index contributed by atoms with van der Waals surface area (Å²) in [4.78, 5) is 23.3. The zero-order valence-electron chi connectivity index (χ0n) is 44.5. The molecule has 0 aliphatic heterocycles. The number of hydrogen-bond acceptors (Lipinski definition) is 5. The second kappa shape index (κ2) is 48.5. The zero-order valence-corrected chi connectivity index (χ0v) is 45.4. The average molecular weight is 945 g/mol. The molecule has 1 amide bonds. The van der Waals surface area contributed by atoms with E-state index in [4.69, 9.17) is 9.05 Å². The van der Waals surface area contributed by atoms with Crippen molar-refractivity contribution in [1.82, 2.24) is 5.32 Å². The molecule has 3 unspecified atom stereocenters. The number of phosphoric ester groups is 1. The number of amides is 1. The Bertz CT molecular complexity index is 1030. The van der Waals surface area contributed by atoms with Crippen LogP contribution in [0, 0.1) is 0 Å². The lowest BCUT2D eigenvalue weighted by Crippen LogP contribution is -2.46. The molecule has 3 atom stereocenters. The fourth-order valence-electron chi connectivity index (χ4n) is 9.05. The lowest BCUT2D eigenvalue weighted by Gasteiger charge is -2.26. The van der Waals surface area contributed by atoms with E-state index in [9.17, 15) is 19.4 Å². The summed E-state index contributed by atoms with van der Waals surface area (Å²) in [5.74, 6) is -0.136. The van der Waals surface area contributed by atoms with Crippen LogP contribution in [0.5, 0.6) is 0 Å². The molecule has 0 spiro atoms. The number of carbonyl (C=O) groups excluding carboxylic acids is 1. The number of rotatable bonds is 54. The maximum Gasteiger partial charge on any atom is 0.472 e. The molecule has 0 aromatic carbocycles. The molecule has 0 aliphatic rings. The van der Waals surface area contributed by atoms with Crippen LogP contribution < -0.4 is 5.32 Å². The first-order valence-corrected chi connectivity index (χ1v) is 30.4. The molecule has 0 saturated heterocycles. The van der Waals surface area contributed by atoms with Gasteiger partial charge in [0.2, 0.25) is 5.91 Å². The lowest BCUT2D eigenvalue weighted by molar-refractivity contribution is -0.870. The van der Waals surface area contributed by atoms with E-state index in [1.165, 1.54) is 238 Å². The molecule has 0 rings (SSSR count). The quantitative estimate of drug-likeness (QED) is 0.0319. The van der Waals surface area contributed by atoms with Crippen LogP contribution in [0.4, 0.5) is 0 Å². The molecule has 65 heavy (non-hydrogen) atoms. The summed E-state index contributed by atoms with van der Waals surface area (Å²) in [5, 5.41) is 14.1. The Hall–Kier alpha value is -0.500. The van der Waals surface area contributed by atoms with Crippen LogP contribution in [0.1, 0.15) is 303 Å². The maximum absolute atomic E-state index is 13.0. The maximum atomic E-state index is 13.0. The highest BCUT2D eigenvalue weighted by Crippen LogP contribution is 2.43. The van der Waals surface area contributed by atoms with Gasteiger partial charge in [0.15, 0.2) is 0 Å². The number of phosphoric acid groups is 1. The van der Waals surface area contributed by atoms with Crippen molar-refractivity contribution in [1.29, 1.82) is 0 Å². The normalized spacial score (nSPS) is 13.9. The number of nitrogens with one attached hydrogen (secondary N) is 1. The topological polar surface area (TPSA) is 105 Å². The molecule has 3 N–H and O–H groups in total. The predicted molar refractivity (Wildman–Crippen MR) is 282 cm³/mol. The van der Waals surface area contributed by atoms with Gasteiger partial charge >= 0.3 is 7.82 Å². The van der Waals surface area contributed by atoms with E-state index in [0.717, 1.165) is 38.5 Å². The van der Waals surface area contributed by atoms with Crippen molar-refractivity contribution in [2.45, 2.75) is 315 Å². The van der Waals surface area contributed by atoms with Gasteiger partial charge in [-0.3, -0.25) is 13.8 Å². The molecular formula is C56H116N2O6P+. The number of carbonyl (C=O) groups is 1. The number of unbranched alkanes of at least 4 members (excludes halogenated alkanes) is 41. The molecule has 0 heterocycles. The van der Waals surface area contributed by atoms with E-state index in [0.29, 0.717) is 23.9 Å². The van der Waals surface area contributed by atoms with Crippen molar-refractivity contribution in [2.24, 2.45) is 0 Å². The number of quaternary nitrogens is 1. The SMILES string of the molecule is CCCCCCCCCCCCCCCCCCCCCCCCCCCC(O)C(COP(=O)(O)OCC[N+](C)(C)C)NC(=O)CCCCCCCCCCCCCCCCCCCC. The van der Waals surface area contributed by atoms with Gasteiger partial charge in [-0.15, -0.1) is 0 Å². The summed E-state index contributed by atoms with van der Waals surface area (Å²) < 4.78 is 23.8. The van der Waals surface area contributed by atoms with Crippen LogP contribution >= 0.6 is 7.82 Å². The molecule has 0 saturated carbocycles. The summed E-state index contributed by atoms with van der Waals surface area (Å²) in [6.07, 6.45) is 57.3. The number of aliphatic hydroxyl groups is 1. The van der Waals surface area contributed by atoms with Gasteiger partial charge in [0.25, 0.3) is 0 Å². The Morgan fingerprint density at radius 3 is 1.03 bits per heavy atom. The first-order valence-electron chi connectivity index (χ1n) is 28.9. The van der Waals surface area contributed by atoms with E-state index in [1.807, 2.05) is 21.1 Å². The first kappa shape index (κ1) is 64.5. The minimum atomic E-state index is -4.32. The Labute approximate surface area is 406 Å². The summed E-state index contributed by atoms with van der Waals surface area (Å²) in [6, 6.07) is -0.755. The van der Waals surface area contributed by atoms with Gasteiger partial charge in [0.1, 0.15) is 13.2 Å². The van der Waals surface area contributed by atoms with Crippen LogP contribution in [0.15, 0.2) is 0 Å². The molecule has 0 aromatic rings. The number of aliphatic hydroxyl groups excluding tert-OH is 1. The van der Waals surface area contributed by atoms with Crippen molar-refractivity contribution in [2.75, 3.05) is 40.9 Å². The van der Waals surface area contributed by atoms with E-state index in [2.05, 4.69) is 19.2 Å². The standard InChI is InChI=1S/C56H115N2O6P/c1-6-8-10-12-14-16-18-20-22-24-26-27-28-29-30-31-32-33-35-37-39-41-43-45-47-49-55(59)54(53-64-65(61,62)63-52-51-58(3,4)5)57-56(60)50-48-46-44-42-40-38-36-34-25-23-21-19-17-15-13-11-9-7-2/h54-55,59H,6-53H2,1-5H3,(H-,57,60,61,62)/p+1. The lowest BCUT2D eigenvalue weighted by atomic mass is 10.0. The third-order valence-electron chi connectivity index (χ3n) is 13.6. The highest BCUT2D eigenvalue weighted by molar-refractivity contribution is 7.47. The van der Waals surface area contributed by atoms with Crippen LogP contribution in [0.3, 0.4) is 0 Å². The Morgan fingerprint density at radius 1 is 0.462 bits per heavy atom. The summed E-state index contributed by atoms with van der Waals surface area (Å²) >= 11 is 0. The van der Waals surface area contributed by atoms with E-state index >= 15 is 0 Å². The van der Waals surface area contributed by atoms with E-state index < -0.39 is 20.0 Å². The molecule has 0 aliphatic carbocycles. The summed E-state index contributed by atoms with van der Waals surface area (Å²) in [7, 11) is 1.64. The second-order valence-electron chi connectivity index (χ2n) is 21.4. The van der Waals surface area contributed by atoms with Crippen LogP contribution in [-0.2, 0) is 18.4 Å². The van der Waals surface area contributed by atoms with Crippen molar-refractivity contribution in [3.8, 4) is 0 Å². The van der Waals surface area contributed by atoms with E-state index in [1.54, 1.807) is 0 Å². The molecule has 0 aromatic heterocycles. The summed E-state index contributed by atoms with van der Waals surface area (Å²) in [6.45, 7) is 4.95. The highest BCUT2D eigenvalue weighted by atomic mass is 31.2. The molecule has 0 radical (unpaired) electrons. The van der Waals surface area contributed by atoms with Crippen molar-refractivity contribution in [3.63, 3.8) is 0 Å². The van der Waals surface area contributed by atoms with Gasteiger partial charge in [0, 0.05) is 6.42 Å². The van der Waals surface area contributed by atoms with Gasteiger partial charge in [-0.2, -0.15) is 0 Å². The number of nitrogens with zero attached hydrogens (tertiary/aromatic N) is 1. The minimum Gasteiger partial charge on any atom is -0.391 e. The Balaban J connectivity index is 4.11. The van der Waals surface area contributed by atoms with Crippen molar-refractivity contribution < 1.29 is 32.9 Å². The van der Waals surface area contributed by atoms with E-state index in [-0.39, 0.29) is 19.1 Å². The van der Waals surface area contributed by atoms with Crippen LogP contribution in [0.25, 0.3) is 0 Å². The predicted octanol–water partition coefficient (Wildman–Crippen LogP) is 17.3. The van der Waals surface area contributed by atoms with Gasteiger partial charge in [-0.05, 0) is 12.8 Å². The second-order valence-corrected chi connectivity index (χ2v) is 22.8. The van der Waals surface area contributed by atoms with Gasteiger partial charge in [-0.25, -0.2) is 4.57 Å². The third-order valence-corrected chi connectivity index (χ3v) is 14.6. The molecular weight excluding hydrogens is 828 g/mol. The van der Waals surface area contributed by atoms with Gasteiger partial charge < -0.3 is 19.8 Å². The first-order chi connectivity index (χ1) is 31.5. The smallest absolute Gasteiger partial charge is 0.391 e. The largest absolute Gasteiger partial charge is 0.472 e. The number of likely N-dealkylation sites (N-methyl/N-ethyl adjacent to an activating group) is 1. The molecule has 0 fully saturated rings. The van der Waals surface area contributed by atoms with Crippen molar-refractivity contribution in [3.05, 3.63) is 0 Å². The van der Waals surface area contributed by atoms with Gasteiger partial charge in [0.05, 0.1) is 39.9 Å². The molecule has 390 valence electrons.